The average Bonchev–Trinajstić information content (AvgIpc) is 3.06. The van der Waals surface area contributed by atoms with E-state index in [9.17, 15) is 4.79 Å². The number of fused-ring (bicyclic) bond motifs is 1. The first-order chi connectivity index (χ1) is 12.3. The number of hydrogen-bond donors (Lipinski definition) is 1. The second-order valence-electron chi connectivity index (χ2n) is 6.85. The Kier molecular flexibility index (Phi) is 6.82. The number of rotatable bonds is 8. The lowest BCUT2D eigenvalue weighted by Gasteiger charge is -2.34. The molecule has 1 aliphatic rings. The Bertz CT molecular complexity index is 645. The maximum atomic E-state index is 12.7. The summed E-state index contributed by atoms with van der Waals surface area (Å²) in [5, 5.41) is 4.58. The van der Waals surface area contributed by atoms with Gasteiger partial charge in [0.15, 0.2) is 0 Å². The van der Waals surface area contributed by atoms with Crippen LogP contribution in [0.5, 0.6) is 0 Å². The van der Waals surface area contributed by atoms with Crippen molar-refractivity contribution in [2.75, 3.05) is 19.6 Å². The van der Waals surface area contributed by atoms with Crippen molar-refractivity contribution >= 4 is 27.5 Å². The minimum Gasteiger partial charge on any atom is -0.340 e. The van der Waals surface area contributed by atoms with Crippen LogP contribution in [0.1, 0.15) is 50.5 Å². The fourth-order valence-electron chi connectivity index (χ4n) is 3.59. The first kappa shape index (κ1) is 18.3. The summed E-state index contributed by atoms with van der Waals surface area (Å²) in [5.41, 5.74) is 1.10. The lowest BCUT2D eigenvalue weighted by molar-refractivity contribution is -0.134. The smallest absolute Gasteiger partial charge is 0.222 e. The Balaban J connectivity index is 1.45. The molecule has 2 heterocycles. The summed E-state index contributed by atoms with van der Waals surface area (Å²) in [5.74, 6) is 0.345. The third-order valence-electron chi connectivity index (χ3n) is 4.90. The molecular formula is C20H29N3OS. The zero-order valence-electron chi connectivity index (χ0n) is 15.2. The fourth-order valence-corrected chi connectivity index (χ4v) is 4.60. The van der Waals surface area contributed by atoms with Gasteiger partial charge in [0.05, 0.1) is 15.2 Å². The summed E-state index contributed by atoms with van der Waals surface area (Å²) in [6.45, 7) is 5.14. The molecule has 5 heteroatoms. The number of hydrogen-bond acceptors (Lipinski definition) is 4. The van der Waals surface area contributed by atoms with Gasteiger partial charge in [-0.3, -0.25) is 4.79 Å². The van der Waals surface area contributed by atoms with Gasteiger partial charge in [0.1, 0.15) is 0 Å². The standard InChI is InChI=1S/C20H29N3OS/c1-2-15-23(16-11-13-21-14-12-16)20(24)10-6-5-9-19-22-17-7-3-4-8-18(17)25-19/h3-4,7-8,16,21H,2,5-6,9-15H2,1H3. The normalized spacial score (nSPS) is 15.6. The summed E-state index contributed by atoms with van der Waals surface area (Å²) in [6, 6.07) is 8.74. The highest BCUT2D eigenvalue weighted by molar-refractivity contribution is 7.18. The molecule has 0 radical (unpaired) electrons. The SMILES string of the molecule is CCCN(C(=O)CCCCc1nc2ccccc2s1)C1CCNCC1. The van der Waals surface area contributed by atoms with Gasteiger partial charge in [-0.1, -0.05) is 19.1 Å². The molecule has 1 aliphatic heterocycles. The average molecular weight is 360 g/mol. The number of aryl methyl sites for hydroxylation is 1. The molecule has 4 nitrogen and oxygen atoms in total. The van der Waals surface area contributed by atoms with E-state index >= 15 is 0 Å². The summed E-state index contributed by atoms with van der Waals surface area (Å²) >= 11 is 1.78. The molecule has 0 spiro atoms. The lowest BCUT2D eigenvalue weighted by atomic mass is 10.0. The van der Waals surface area contributed by atoms with E-state index in [1.165, 1.54) is 9.71 Å². The molecular weight excluding hydrogens is 330 g/mol. The van der Waals surface area contributed by atoms with Crippen molar-refractivity contribution < 1.29 is 4.79 Å². The number of carbonyl (C=O) groups is 1. The third kappa shape index (κ3) is 5.02. The van der Waals surface area contributed by atoms with Crippen molar-refractivity contribution in [1.82, 2.24) is 15.2 Å². The number of nitrogens with one attached hydrogen (secondary N) is 1. The predicted molar refractivity (Wildman–Crippen MR) is 105 cm³/mol. The van der Waals surface area contributed by atoms with Gasteiger partial charge in [0, 0.05) is 19.0 Å². The van der Waals surface area contributed by atoms with Crippen LogP contribution < -0.4 is 5.32 Å². The number of aromatic nitrogens is 1. The monoisotopic (exact) mass is 359 g/mol. The van der Waals surface area contributed by atoms with E-state index in [1.807, 2.05) is 6.07 Å². The largest absolute Gasteiger partial charge is 0.340 e. The van der Waals surface area contributed by atoms with Gasteiger partial charge in [0.2, 0.25) is 5.91 Å². The van der Waals surface area contributed by atoms with Gasteiger partial charge in [0.25, 0.3) is 0 Å². The molecule has 1 saturated heterocycles. The number of thiazole rings is 1. The van der Waals surface area contributed by atoms with Crippen LogP contribution in [0, 0.1) is 0 Å². The third-order valence-corrected chi connectivity index (χ3v) is 6.00. The second kappa shape index (κ2) is 9.30. The minimum absolute atomic E-state index is 0.345. The first-order valence-electron chi connectivity index (χ1n) is 9.62. The first-order valence-corrected chi connectivity index (χ1v) is 10.4. The molecule has 1 amide bonds. The minimum atomic E-state index is 0.345. The zero-order chi connectivity index (χ0) is 17.5. The van der Waals surface area contributed by atoms with Crippen LogP contribution in [-0.4, -0.2) is 41.5 Å². The quantitative estimate of drug-likeness (QED) is 0.725. The number of piperidine rings is 1. The van der Waals surface area contributed by atoms with Gasteiger partial charge >= 0.3 is 0 Å². The molecule has 0 unspecified atom stereocenters. The van der Waals surface area contributed by atoms with Crippen LogP contribution >= 0.6 is 11.3 Å². The number of carbonyl (C=O) groups excluding carboxylic acids is 1. The van der Waals surface area contributed by atoms with Gasteiger partial charge < -0.3 is 10.2 Å². The van der Waals surface area contributed by atoms with Gasteiger partial charge in [-0.05, 0) is 63.7 Å². The number of benzene rings is 1. The van der Waals surface area contributed by atoms with Crippen molar-refractivity contribution in [2.24, 2.45) is 0 Å². The van der Waals surface area contributed by atoms with E-state index in [1.54, 1.807) is 11.3 Å². The molecule has 1 aromatic carbocycles. The Morgan fingerprint density at radius 2 is 2.08 bits per heavy atom. The van der Waals surface area contributed by atoms with E-state index < -0.39 is 0 Å². The van der Waals surface area contributed by atoms with Crippen LogP contribution in [0.15, 0.2) is 24.3 Å². The van der Waals surface area contributed by atoms with Gasteiger partial charge in [-0.25, -0.2) is 4.98 Å². The number of amides is 1. The van der Waals surface area contributed by atoms with Gasteiger partial charge in [-0.15, -0.1) is 11.3 Å². The van der Waals surface area contributed by atoms with Crippen molar-refractivity contribution in [3.05, 3.63) is 29.3 Å². The molecule has 0 atom stereocenters. The van der Waals surface area contributed by atoms with Crippen LogP contribution in [0.2, 0.25) is 0 Å². The summed E-state index contributed by atoms with van der Waals surface area (Å²) in [7, 11) is 0. The molecule has 0 saturated carbocycles. The highest BCUT2D eigenvalue weighted by atomic mass is 32.1. The van der Waals surface area contributed by atoms with E-state index in [0.29, 0.717) is 18.4 Å². The Labute approximate surface area is 154 Å². The Morgan fingerprint density at radius 3 is 2.84 bits per heavy atom. The van der Waals surface area contributed by atoms with E-state index in [-0.39, 0.29) is 0 Å². The van der Waals surface area contributed by atoms with Crippen LogP contribution in [0.3, 0.4) is 0 Å². The van der Waals surface area contributed by atoms with Crippen LogP contribution in [0.4, 0.5) is 0 Å². The van der Waals surface area contributed by atoms with E-state index in [4.69, 9.17) is 0 Å². The molecule has 2 aromatic rings. The number of para-hydroxylation sites is 1. The van der Waals surface area contributed by atoms with E-state index in [0.717, 1.165) is 63.7 Å². The van der Waals surface area contributed by atoms with Crippen molar-refractivity contribution in [3.8, 4) is 0 Å². The maximum absolute atomic E-state index is 12.7. The molecule has 1 aromatic heterocycles. The topological polar surface area (TPSA) is 45.2 Å². The summed E-state index contributed by atoms with van der Waals surface area (Å²) < 4.78 is 1.26. The molecule has 136 valence electrons. The zero-order valence-corrected chi connectivity index (χ0v) is 16.0. The molecule has 1 N–H and O–H groups in total. The Hall–Kier alpha value is -1.46. The Morgan fingerprint density at radius 1 is 1.28 bits per heavy atom. The molecule has 3 rings (SSSR count). The number of nitrogens with zero attached hydrogens (tertiary/aromatic N) is 2. The summed E-state index contributed by atoms with van der Waals surface area (Å²) in [6.07, 6.45) is 6.89. The fraction of sp³-hybridized carbons (Fsp3) is 0.600. The summed E-state index contributed by atoms with van der Waals surface area (Å²) in [4.78, 5) is 19.5. The molecule has 1 fully saturated rings. The molecule has 25 heavy (non-hydrogen) atoms. The van der Waals surface area contributed by atoms with Crippen molar-refractivity contribution in [3.63, 3.8) is 0 Å². The predicted octanol–water partition coefficient (Wildman–Crippen LogP) is 4.00. The van der Waals surface area contributed by atoms with Crippen LogP contribution in [0.25, 0.3) is 10.2 Å². The van der Waals surface area contributed by atoms with Crippen molar-refractivity contribution in [2.45, 2.75) is 57.9 Å². The van der Waals surface area contributed by atoms with E-state index in [2.05, 4.69) is 40.3 Å². The molecule has 0 aliphatic carbocycles. The van der Waals surface area contributed by atoms with Crippen LogP contribution in [-0.2, 0) is 11.2 Å². The maximum Gasteiger partial charge on any atom is 0.222 e. The number of unbranched alkanes of at least 4 members (excludes halogenated alkanes) is 1. The second-order valence-corrected chi connectivity index (χ2v) is 7.97. The highest BCUT2D eigenvalue weighted by Gasteiger charge is 2.24. The lowest BCUT2D eigenvalue weighted by Crippen LogP contribution is -2.46. The molecule has 0 bridgehead atoms. The van der Waals surface area contributed by atoms with Gasteiger partial charge in [-0.2, -0.15) is 0 Å². The highest BCUT2D eigenvalue weighted by Crippen LogP contribution is 2.23. The van der Waals surface area contributed by atoms with Crippen molar-refractivity contribution in [1.29, 1.82) is 0 Å².